The molecule has 6 heteroatoms. The first-order valence-electron chi connectivity index (χ1n) is 7.96. The molecule has 1 atom stereocenters. The summed E-state index contributed by atoms with van der Waals surface area (Å²) in [5.74, 6) is -0.199. The summed E-state index contributed by atoms with van der Waals surface area (Å²) >= 11 is 0. The summed E-state index contributed by atoms with van der Waals surface area (Å²) in [6.45, 7) is 7.23. The van der Waals surface area contributed by atoms with Crippen LogP contribution in [0.3, 0.4) is 0 Å². The second-order valence-electron chi connectivity index (χ2n) is 6.02. The summed E-state index contributed by atoms with van der Waals surface area (Å²) in [7, 11) is 0. The third kappa shape index (κ3) is 3.12. The van der Waals surface area contributed by atoms with Crippen LogP contribution >= 0.6 is 0 Å². The Balaban J connectivity index is 1.80. The maximum atomic E-state index is 12.4. The van der Waals surface area contributed by atoms with Gasteiger partial charge in [-0.3, -0.25) is 4.79 Å². The van der Waals surface area contributed by atoms with E-state index in [2.05, 4.69) is 15.6 Å². The number of aryl methyl sites for hydroxylation is 2. The van der Waals surface area contributed by atoms with Gasteiger partial charge in [0.1, 0.15) is 0 Å². The highest BCUT2D eigenvalue weighted by Gasteiger charge is 2.21. The molecule has 1 saturated heterocycles. The maximum absolute atomic E-state index is 12.4. The quantitative estimate of drug-likeness (QED) is 0.938. The Labute approximate surface area is 135 Å². The lowest BCUT2D eigenvalue weighted by atomic mass is 10.1. The first kappa shape index (κ1) is 15.7. The fourth-order valence-corrected chi connectivity index (χ4v) is 2.99. The highest BCUT2D eigenvalue weighted by molar-refractivity contribution is 5.93. The van der Waals surface area contributed by atoms with E-state index in [1.807, 2.05) is 39.0 Å². The second kappa shape index (κ2) is 6.50. The van der Waals surface area contributed by atoms with Crippen molar-refractivity contribution in [2.24, 2.45) is 0 Å². The zero-order chi connectivity index (χ0) is 16.4. The van der Waals surface area contributed by atoms with Gasteiger partial charge < -0.3 is 10.1 Å². The Morgan fingerprint density at radius 2 is 2.09 bits per heavy atom. The van der Waals surface area contributed by atoms with Crippen LogP contribution in [-0.2, 0) is 4.74 Å². The summed E-state index contributed by atoms with van der Waals surface area (Å²) in [4.78, 5) is 12.4. The highest BCUT2D eigenvalue weighted by atomic mass is 16.5. The molecule has 0 saturated carbocycles. The van der Waals surface area contributed by atoms with Gasteiger partial charge in [0.05, 0.1) is 17.5 Å². The maximum Gasteiger partial charge on any atom is 0.273 e. The van der Waals surface area contributed by atoms with Gasteiger partial charge in [0.25, 0.3) is 5.91 Å². The van der Waals surface area contributed by atoms with Crippen molar-refractivity contribution in [1.29, 1.82) is 0 Å². The number of aromatic nitrogens is 3. The van der Waals surface area contributed by atoms with E-state index in [1.165, 1.54) is 0 Å². The molecule has 0 spiro atoms. The average molecular weight is 314 g/mol. The largest absolute Gasteiger partial charge is 0.376 e. The molecule has 2 heterocycles. The van der Waals surface area contributed by atoms with Gasteiger partial charge in [0, 0.05) is 13.2 Å². The summed E-state index contributed by atoms with van der Waals surface area (Å²) in [5, 5.41) is 11.2. The number of amides is 1. The number of para-hydroxylation sites is 1. The number of ether oxygens (including phenoxy) is 1. The van der Waals surface area contributed by atoms with Gasteiger partial charge in [-0.1, -0.05) is 23.4 Å². The molecule has 1 aliphatic heterocycles. The van der Waals surface area contributed by atoms with Crippen molar-refractivity contribution in [3.05, 3.63) is 40.7 Å². The molecule has 122 valence electrons. The normalized spacial score (nSPS) is 17.4. The van der Waals surface area contributed by atoms with Crippen molar-refractivity contribution in [2.45, 2.75) is 39.7 Å². The van der Waals surface area contributed by atoms with Gasteiger partial charge >= 0.3 is 0 Å². The molecule has 1 amide bonds. The van der Waals surface area contributed by atoms with E-state index in [1.54, 1.807) is 4.68 Å². The van der Waals surface area contributed by atoms with Gasteiger partial charge in [0.15, 0.2) is 5.69 Å². The van der Waals surface area contributed by atoms with Crippen LogP contribution in [0, 0.1) is 20.8 Å². The smallest absolute Gasteiger partial charge is 0.273 e. The third-order valence-electron chi connectivity index (χ3n) is 4.28. The van der Waals surface area contributed by atoms with Crippen LogP contribution in [0.25, 0.3) is 5.69 Å². The van der Waals surface area contributed by atoms with Gasteiger partial charge in [-0.2, -0.15) is 0 Å². The van der Waals surface area contributed by atoms with Crippen LogP contribution in [-0.4, -0.2) is 40.2 Å². The van der Waals surface area contributed by atoms with Gasteiger partial charge in [-0.15, -0.1) is 5.10 Å². The standard InChI is InChI=1S/C17H22N4O2/c1-11-6-4-7-12(2)16(11)21-13(3)15(19-20-21)17(22)18-10-14-8-5-9-23-14/h4,6-7,14H,5,8-10H2,1-3H3,(H,18,22). The minimum Gasteiger partial charge on any atom is -0.376 e. The van der Waals surface area contributed by atoms with Crippen molar-refractivity contribution in [3.63, 3.8) is 0 Å². The molecule has 1 N–H and O–H groups in total. The molecule has 1 aromatic carbocycles. The second-order valence-corrected chi connectivity index (χ2v) is 6.02. The summed E-state index contributed by atoms with van der Waals surface area (Å²) in [5.41, 5.74) is 4.29. The fraction of sp³-hybridized carbons (Fsp3) is 0.471. The van der Waals surface area contributed by atoms with E-state index in [4.69, 9.17) is 4.74 Å². The summed E-state index contributed by atoms with van der Waals surface area (Å²) in [6.07, 6.45) is 2.17. The van der Waals surface area contributed by atoms with Gasteiger partial charge in [-0.05, 0) is 44.7 Å². The van der Waals surface area contributed by atoms with Crippen molar-refractivity contribution >= 4 is 5.91 Å². The van der Waals surface area contributed by atoms with Gasteiger partial charge in [0.2, 0.25) is 0 Å². The minimum atomic E-state index is -0.199. The van der Waals surface area contributed by atoms with E-state index >= 15 is 0 Å². The van der Waals surface area contributed by atoms with Crippen molar-refractivity contribution in [2.75, 3.05) is 13.2 Å². The lowest BCUT2D eigenvalue weighted by Crippen LogP contribution is -2.32. The van der Waals surface area contributed by atoms with E-state index in [9.17, 15) is 4.79 Å². The van der Waals surface area contributed by atoms with Crippen LogP contribution in [0.2, 0.25) is 0 Å². The Kier molecular flexibility index (Phi) is 4.43. The van der Waals surface area contributed by atoms with E-state index in [0.29, 0.717) is 12.2 Å². The Morgan fingerprint density at radius 3 is 2.74 bits per heavy atom. The van der Waals surface area contributed by atoms with Crippen molar-refractivity contribution in [3.8, 4) is 5.69 Å². The van der Waals surface area contributed by atoms with Crippen molar-refractivity contribution in [1.82, 2.24) is 20.3 Å². The molecule has 3 rings (SSSR count). The summed E-state index contributed by atoms with van der Waals surface area (Å²) < 4.78 is 7.26. The lowest BCUT2D eigenvalue weighted by Gasteiger charge is -2.11. The Morgan fingerprint density at radius 1 is 1.35 bits per heavy atom. The van der Waals surface area contributed by atoms with Crippen LogP contribution in [0.5, 0.6) is 0 Å². The number of nitrogens with zero attached hydrogens (tertiary/aromatic N) is 3. The van der Waals surface area contributed by atoms with Crippen molar-refractivity contribution < 1.29 is 9.53 Å². The molecular formula is C17H22N4O2. The molecule has 2 aromatic rings. The summed E-state index contributed by atoms with van der Waals surface area (Å²) in [6, 6.07) is 6.07. The number of rotatable bonds is 4. The zero-order valence-electron chi connectivity index (χ0n) is 13.8. The highest BCUT2D eigenvalue weighted by Crippen LogP contribution is 2.20. The number of carbonyl (C=O) groups excluding carboxylic acids is 1. The first-order chi connectivity index (χ1) is 11.1. The number of carbonyl (C=O) groups is 1. The predicted molar refractivity (Wildman–Crippen MR) is 86.9 cm³/mol. The zero-order valence-corrected chi connectivity index (χ0v) is 13.8. The lowest BCUT2D eigenvalue weighted by molar-refractivity contribution is 0.0853. The average Bonchev–Trinajstić information content (AvgIpc) is 3.15. The van der Waals surface area contributed by atoms with Crippen LogP contribution in [0.15, 0.2) is 18.2 Å². The van der Waals surface area contributed by atoms with Gasteiger partial charge in [-0.25, -0.2) is 4.68 Å². The van der Waals surface area contributed by atoms with E-state index in [0.717, 1.165) is 42.0 Å². The number of nitrogens with one attached hydrogen (secondary N) is 1. The monoisotopic (exact) mass is 314 g/mol. The third-order valence-corrected chi connectivity index (χ3v) is 4.28. The number of hydrogen-bond donors (Lipinski definition) is 1. The van der Waals surface area contributed by atoms with E-state index in [-0.39, 0.29) is 12.0 Å². The molecule has 1 fully saturated rings. The minimum absolute atomic E-state index is 0.118. The molecule has 0 bridgehead atoms. The molecule has 6 nitrogen and oxygen atoms in total. The number of benzene rings is 1. The Hall–Kier alpha value is -2.21. The van der Waals surface area contributed by atoms with E-state index < -0.39 is 0 Å². The fourth-order valence-electron chi connectivity index (χ4n) is 2.99. The first-order valence-corrected chi connectivity index (χ1v) is 7.96. The topological polar surface area (TPSA) is 69.0 Å². The van der Waals surface area contributed by atoms with Crippen LogP contribution < -0.4 is 5.32 Å². The van der Waals surface area contributed by atoms with Crippen LogP contribution in [0.4, 0.5) is 0 Å². The molecular weight excluding hydrogens is 292 g/mol. The molecule has 0 aliphatic carbocycles. The molecule has 1 aliphatic rings. The SMILES string of the molecule is Cc1cccc(C)c1-n1nnc(C(=O)NCC2CCCO2)c1C. The van der Waals surface area contributed by atoms with Crippen LogP contribution in [0.1, 0.15) is 40.2 Å². The number of hydrogen-bond acceptors (Lipinski definition) is 4. The Bertz CT molecular complexity index is 697. The molecule has 1 unspecified atom stereocenters. The predicted octanol–water partition coefficient (Wildman–Crippen LogP) is 2.10. The molecule has 0 radical (unpaired) electrons. The molecule has 23 heavy (non-hydrogen) atoms. The molecule has 1 aromatic heterocycles.